The normalized spacial score (nSPS) is 11.5. The average molecular weight is 350 g/mol. The number of carbonyl (C=O) groups excluding carboxylic acids is 1. The molecular weight excluding hydrogens is 332 g/mol. The van der Waals surface area contributed by atoms with Crippen LogP contribution >= 0.6 is 0 Å². The Bertz CT molecular complexity index is 879. The number of H-pyrrole nitrogens is 1. The van der Waals surface area contributed by atoms with Gasteiger partial charge in [-0.15, -0.1) is 0 Å². The van der Waals surface area contributed by atoms with Crippen LogP contribution in [-0.2, 0) is 11.2 Å². The molecule has 2 aromatic carbocycles. The molecule has 4 N–H and O–H groups in total. The summed E-state index contributed by atoms with van der Waals surface area (Å²) < 4.78 is 0. The van der Waals surface area contributed by atoms with Gasteiger partial charge in [-0.2, -0.15) is 5.10 Å². The van der Waals surface area contributed by atoms with E-state index in [0.29, 0.717) is 5.69 Å². The van der Waals surface area contributed by atoms with Gasteiger partial charge in [-0.05, 0) is 23.3 Å². The van der Waals surface area contributed by atoms with Crippen molar-refractivity contribution in [1.82, 2.24) is 15.5 Å². The van der Waals surface area contributed by atoms with Crippen molar-refractivity contribution in [2.75, 3.05) is 5.32 Å². The van der Waals surface area contributed by atoms with Crippen molar-refractivity contribution in [2.24, 2.45) is 0 Å². The molecule has 3 rings (SSSR count). The molecule has 0 saturated heterocycles. The number of benzene rings is 2. The van der Waals surface area contributed by atoms with Gasteiger partial charge >= 0.3 is 6.09 Å². The number of amides is 2. The lowest BCUT2D eigenvalue weighted by atomic mass is 10.0. The maximum absolute atomic E-state index is 12.6. The van der Waals surface area contributed by atoms with E-state index in [1.165, 1.54) is 0 Å². The number of nitrogens with one attached hydrogen (secondary N) is 3. The van der Waals surface area contributed by atoms with Crippen LogP contribution in [0.2, 0.25) is 0 Å². The number of carboxylic acid groups (broad SMARTS) is 1. The Morgan fingerprint density at radius 3 is 2.58 bits per heavy atom. The quantitative estimate of drug-likeness (QED) is 0.548. The molecule has 132 valence electrons. The average Bonchev–Trinajstić information content (AvgIpc) is 3.17. The van der Waals surface area contributed by atoms with Gasteiger partial charge in [0.25, 0.3) is 0 Å². The van der Waals surface area contributed by atoms with Gasteiger partial charge in [0.05, 0.1) is 6.20 Å². The van der Waals surface area contributed by atoms with Gasteiger partial charge < -0.3 is 15.7 Å². The zero-order chi connectivity index (χ0) is 18.4. The van der Waals surface area contributed by atoms with Crippen LogP contribution in [0.4, 0.5) is 10.5 Å². The third-order valence-corrected chi connectivity index (χ3v) is 3.86. The molecule has 3 aromatic rings. The maximum atomic E-state index is 12.6. The van der Waals surface area contributed by atoms with Crippen LogP contribution in [0.1, 0.15) is 5.56 Å². The standard InChI is InChI=1S/C19H18N4O3/c24-18(17(23-19(25)26)9-13-5-2-1-3-6-13)22-16-8-4-7-14(10-16)15-11-20-21-12-15/h1-8,10-12,17,23H,9H2,(H,20,21)(H,22,24)(H,25,26)/t17-/m0/s1. The van der Waals surface area contributed by atoms with E-state index in [2.05, 4.69) is 20.8 Å². The summed E-state index contributed by atoms with van der Waals surface area (Å²) in [6.07, 6.45) is 2.46. The molecule has 1 aromatic heterocycles. The second kappa shape index (κ2) is 7.98. The summed E-state index contributed by atoms with van der Waals surface area (Å²) in [4.78, 5) is 23.7. The van der Waals surface area contributed by atoms with E-state index in [1.54, 1.807) is 18.5 Å². The first-order valence-corrected chi connectivity index (χ1v) is 8.05. The number of anilines is 1. The van der Waals surface area contributed by atoms with Gasteiger partial charge in [-0.3, -0.25) is 9.89 Å². The van der Waals surface area contributed by atoms with E-state index >= 15 is 0 Å². The first-order valence-electron chi connectivity index (χ1n) is 8.05. The highest BCUT2D eigenvalue weighted by molar-refractivity contribution is 5.97. The van der Waals surface area contributed by atoms with Crippen LogP contribution in [-0.4, -0.2) is 33.3 Å². The van der Waals surface area contributed by atoms with E-state index in [0.717, 1.165) is 16.7 Å². The highest BCUT2D eigenvalue weighted by Gasteiger charge is 2.21. The Kier molecular flexibility index (Phi) is 5.28. The van der Waals surface area contributed by atoms with Crippen LogP contribution < -0.4 is 10.6 Å². The van der Waals surface area contributed by atoms with Crippen LogP contribution in [0.3, 0.4) is 0 Å². The first-order chi connectivity index (χ1) is 12.6. The first kappa shape index (κ1) is 17.2. The number of nitrogens with zero attached hydrogens (tertiary/aromatic N) is 1. The van der Waals surface area contributed by atoms with Crippen molar-refractivity contribution in [2.45, 2.75) is 12.5 Å². The Labute approximate surface area is 150 Å². The van der Waals surface area contributed by atoms with Crippen LogP contribution in [0.25, 0.3) is 11.1 Å². The summed E-state index contributed by atoms with van der Waals surface area (Å²) in [5.74, 6) is -0.416. The summed E-state index contributed by atoms with van der Waals surface area (Å²) in [5, 5.41) is 20.8. The number of rotatable bonds is 6. The molecule has 2 amide bonds. The smallest absolute Gasteiger partial charge is 0.405 e. The van der Waals surface area contributed by atoms with Gasteiger partial charge in [0.1, 0.15) is 6.04 Å². The molecular formula is C19H18N4O3. The fourth-order valence-corrected chi connectivity index (χ4v) is 2.62. The number of hydrogen-bond acceptors (Lipinski definition) is 3. The summed E-state index contributed by atoms with van der Waals surface area (Å²) in [5.41, 5.74) is 3.24. The summed E-state index contributed by atoms with van der Waals surface area (Å²) >= 11 is 0. The van der Waals surface area contributed by atoms with Gasteiger partial charge in [0.15, 0.2) is 0 Å². The lowest BCUT2D eigenvalue weighted by Crippen LogP contribution is -2.44. The van der Waals surface area contributed by atoms with Crippen molar-refractivity contribution in [3.8, 4) is 11.1 Å². The van der Waals surface area contributed by atoms with E-state index in [1.807, 2.05) is 48.5 Å². The Balaban J connectivity index is 1.75. The molecule has 0 saturated carbocycles. The zero-order valence-electron chi connectivity index (χ0n) is 13.8. The number of aromatic nitrogens is 2. The van der Waals surface area contributed by atoms with Crippen molar-refractivity contribution in [1.29, 1.82) is 0 Å². The molecule has 0 radical (unpaired) electrons. The third-order valence-electron chi connectivity index (χ3n) is 3.86. The van der Waals surface area contributed by atoms with E-state index in [9.17, 15) is 9.59 Å². The van der Waals surface area contributed by atoms with Gasteiger partial charge in [0.2, 0.25) is 5.91 Å². The van der Waals surface area contributed by atoms with E-state index in [-0.39, 0.29) is 6.42 Å². The summed E-state index contributed by atoms with van der Waals surface area (Å²) in [6.45, 7) is 0. The monoisotopic (exact) mass is 350 g/mol. The minimum Gasteiger partial charge on any atom is -0.465 e. The second-order valence-corrected chi connectivity index (χ2v) is 5.75. The third kappa shape index (κ3) is 4.47. The van der Waals surface area contributed by atoms with E-state index in [4.69, 9.17) is 5.11 Å². The number of carbonyl (C=O) groups is 2. The van der Waals surface area contributed by atoms with Crippen molar-refractivity contribution < 1.29 is 14.7 Å². The lowest BCUT2D eigenvalue weighted by molar-refractivity contribution is -0.118. The van der Waals surface area contributed by atoms with Crippen molar-refractivity contribution >= 4 is 17.7 Å². The SMILES string of the molecule is O=C(O)N[C@@H](Cc1ccccc1)C(=O)Nc1cccc(-c2cn[nH]c2)c1. The zero-order valence-corrected chi connectivity index (χ0v) is 13.8. The number of aromatic amines is 1. The molecule has 0 aliphatic rings. The molecule has 0 aliphatic carbocycles. The Morgan fingerprint density at radius 2 is 1.88 bits per heavy atom. The predicted molar refractivity (Wildman–Crippen MR) is 97.7 cm³/mol. The van der Waals surface area contributed by atoms with E-state index < -0.39 is 18.0 Å². The topological polar surface area (TPSA) is 107 Å². The molecule has 0 bridgehead atoms. The maximum Gasteiger partial charge on any atom is 0.405 e. The molecule has 7 heteroatoms. The fourth-order valence-electron chi connectivity index (χ4n) is 2.62. The van der Waals surface area contributed by atoms with Crippen LogP contribution in [0, 0.1) is 0 Å². The molecule has 0 unspecified atom stereocenters. The molecule has 7 nitrogen and oxygen atoms in total. The van der Waals surface area contributed by atoms with Gasteiger partial charge in [0, 0.05) is 23.9 Å². The molecule has 0 fully saturated rings. The van der Waals surface area contributed by atoms with Crippen molar-refractivity contribution in [3.05, 3.63) is 72.6 Å². The molecule has 0 aliphatic heterocycles. The Morgan fingerprint density at radius 1 is 1.08 bits per heavy atom. The summed E-state index contributed by atoms with van der Waals surface area (Å²) in [6, 6.07) is 15.6. The molecule has 26 heavy (non-hydrogen) atoms. The molecule has 0 spiro atoms. The highest BCUT2D eigenvalue weighted by atomic mass is 16.4. The lowest BCUT2D eigenvalue weighted by Gasteiger charge is -2.17. The Hall–Kier alpha value is -3.61. The van der Waals surface area contributed by atoms with Crippen LogP contribution in [0.15, 0.2) is 67.0 Å². The highest BCUT2D eigenvalue weighted by Crippen LogP contribution is 2.21. The van der Waals surface area contributed by atoms with Crippen LogP contribution in [0.5, 0.6) is 0 Å². The minimum atomic E-state index is -1.24. The summed E-state index contributed by atoms with van der Waals surface area (Å²) in [7, 11) is 0. The predicted octanol–water partition coefficient (Wildman–Crippen LogP) is 2.89. The minimum absolute atomic E-state index is 0.264. The van der Waals surface area contributed by atoms with Gasteiger partial charge in [-0.1, -0.05) is 42.5 Å². The largest absolute Gasteiger partial charge is 0.465 e. The second-order valence-electron chi connectivity index (χ2n) is 5.75. The van der Waals surface area contributed by atoms with Gasteiger partial charge in [-0.25, -0.2) is 4.79 Å². The van der Waals surface area contributed by atoms with Crippen molar-refractivity contribution in [3.63, 3.8) is 0 Å². The number of hydrogen-bond donors (Lipinski definition) is 4. The molecule has 1 atom stereocenters. The fraction of sp³-hybridized carbons (Fsp3) is 0.105. The molecule has 1 heterocycles.